The Labute approximate surface area is 69.8 Å². The first-order chi connectivity index (χ1) is 5.27. The molecule has 0 N–H and O–H groups in total. The highest BCUT2D eigenvalue weighted by atomic mass is 15.1. The summed E-state index contributed by atoms with van der Waals surface area (Å²) in [5.41, 5.74) is 0.825. The van der Waals surface area contributed by atoms with Crippen molar-refractivity contribution in [3.05, 3.63) is 0 Å². The van der Waals surface area contributed by atoms with Crippen molar-refractivity contribution in [2.75, 3.05) is 19.6 Å². The fourth-order valence-electron chi connectivity index (χ4n) is 2.56. The van der Waals surface area contributed by atoms with Gasteiger partial charge in [-0.25, -0.2) is 0 Å². The van der Waals surface area contributed by atoms with Gasteiger partial charge >= 0.3 is 0 Å². The van der Waals surface area contributed by atoms with Crippen molar-refractivity contribution in [2.24, 2.45) is 11.3 Å². The van der Waals surface area contributed by atoms with Gasteiger partial charge in [0.1, 0.15) is 0 Å². The Kier molecular flexibility index (Phi) is 1.71. The van der Waals surface area contributed by atoms with Gasteiger partial charge in [-0.15, -0.1) is 0 Å². The van der Waals surface area contributed by atoms with Gasteiger partial charge in [0.15, 0.2) is 0 Å². The summed E-state index contributed by atoms with van der Waals surface area (Å²) < 4.78 is 0. The number of nitrogens with zero attached hydrogens (tertiary/aromatic N) is 1. The topological polar surface area (TPSA) is 3.24 Å². The van der Waals surface area contributed by atoms with Crippen LogP contribution in [0.15, 0.2) is 0 Å². The first-order valence-electron chi connectivity index (χ1n) is 4.99. The van der Waals surface area contributed by atoms with Crippen LogP contribution < -0.4 is 0 Å². The molecule has 0 amide bonds. The van der Waals surface area contributed by atoms with Gasteiger partial charge in [-0.05, 0) is 50.2 Å². The predicted molar refractivity (Wildman–Crippen MR) is 47.6 cm³/mol. The highest BCUT2D eigenvalue weighted by molar-refractivity contribution is 5.02. The molecule has 1 aliphatic heterocycles. The molecule has 2 rings (SSSR count). The molecule has 0 unspecified atom stereocenters. The second-order valence-corrected chi connectivity index (χ2v) is 4.40. The molecule has 0 radical (unpaired) electrons. The van der Waals surface area contributed by atoms with Crippen molar-refractivity contribution in [1.29, 1.82) is 0 Å². The maximum absolute atomic E-state index is 2.58. The van der Waals surface area contributed by atoms with E-state index in [1.54, 1.807) is 0 Å². The minimum atomic E-state index is 0.825. The summed E-state index contributed by atoms with van der Waals surface area (Å²) in [6.07, 6.45) is 4.47. The van der Waals surface area contributed by atoms with E-state index in [0.29, 0.717) is 0 Å². The number of hydrogen-bond acceptors (Lipinski definition) is 1. The van der Waals surface area contributed by atoms with Gasteiger partial charge in [0, 0.05) is 0 Å². The molecule has 1 heteroatoms. The van der Waals surface area contributed by atoms with E-state index in [4.69, 9.17) is 0 Å². The Morgan fingerprint density at radius 2 is 1.91 bits per heavy atom. The Hall–Kier alpha value is -0.0400. The number of hydrogen-bond donors (Lipinski definition) is 0. The number of piperidine rings is 1. The van der Waals surface area contributed by atoms with Crippen LogP contribution >= 0.6 is 0 Å². The van der Waals surface area contributed by atoms with Crippen LogP contribution in [0.4, 0.5) is 0 Å². The summed E-state index contributed by atoms with van der Waals surface area (Å²) in [6.45, 7) is 8.67. The molecule has 2 fully saturated rings. The quantitative estimate of drug-likeness (QED) is 0.558. The third kappa shape index (κ3) is 1.20. The minimum Gasteiger partial charge on any atom is -0.304 e. The molecule has 2 aliphatic rings. The van der Waals surface area contributed by atoms with Gasteiger partial charge < -0.3 is 4.90 Å². The monoisotopic (exact) mass is 153 g/mol. The lowest BCUT2D eigenvalue weighted by Gasteiger charge is -2.31. The van der Waals surface area contributed by atoms with Gasteiger partial charge in [-0.1, -0.05) is 13.8 Å². The molecule has 64 valence electrons. The van der Waals surface area contributed by atoms with Crippen LogP contribution in [0.1, 0.15) is 33.1 Å². The van der Waals surface area contributed by atoms with E-state index in [2.05, 4.69) is 18.7 Å². The summed E-state index contributed by atoms with van der Waals surface area (Å²) in [5.74, 6) is 1.04. The average Bonchev–Trinajstić information content (AvgIpc) is 2.64. The fraction of sp³-hybridized carbons (Fsp3) is 1.00. The van der Waals surface area contributed by atoms with Crippen LogP contribution in [0.25, 0.3) is 0 Å². The lowest BCUT2D eigenvalue weighted by Crippen LogP contribution is -2.34. The normalized spacial score (nSPS) is 36.0. The maximum Gasteiger partial charge on any atom is -0.00134 e. The molecule has 1 spiro atoms. The Morgan fingerprint density at radius 1 is 1.36 bits per heavy atom. The Balaban J connectivity index is 1.86. The zero-order valence-electron chi connectivity index (χ0n) is 7.77. The summed E-state index contributed by atoms with van der Waals surface area (Å²) in [7, 11) is 0. The molecular formula is C10H19N. The maximum atomic E-state index is 2.58. The third-order valence-electron chi connectivity index (χ3n) is 3.90. The van der Waals surface area contributed by atoms with Crippen LogP contribution in [-0.2, 0) is 0 Å². The van der Waals surface area contributed by atoms with Crippen LogP contribution in [0.2, 0.25) is 0 Å². The van der Waals surface area contributed by atoms with Crippen LogP contribution in [0, 0.1) is 11.3 Å². The first kappa shape index (κ1) is 7.60. The average molecular weight is 153 g/mol. The lowest BCUT2D eigenvalue weighted by molar-refractivity contribution is 0.171. The number of likely N-dealkylation sites (tertiary alicyclic amines) is 1. The van der Waals surface area contributed by atoms with E-state index in [9.17, 15) is 0 Å². The fourth-order valence-corrected chi connectivity index (χ4v) is 2.56. The predicted octanol–water partition coefficient (Wildman–Crippen LogP) is 2.13. The molecule has 1 saturated carbocycles. The Bertz CT molecular complexity index is 145. The molecule has 1 aliphatic carbocycles. The Morgan fingerprint density at radius 3 is 2.27 bits per heavy atom. The molecule has 1 nitrogen and oxygen atoms in total. The zero-order chi connectivity index (χ0) is 7.90. The van der Waals surface area contributed by atoms with Crippen molar-refractivity contribution in [2.45, 2.75) is 33.1 Å². The van der Waals surface area contributed by atoms with Crippen molar-refractivity contribution in [3.8, 4) is 0 Å². The molecule has 0 bridgehead atoms. The van der Waals surface area contributed by atoms with Gasteiger partial charge in [0.25, 0.3) is 0 Å². The van der Waals surface area contributed by atoms with Gasteiger partial charge in [-0.3, -0.25) is 0 Å². The van der Waals surface area contributed by atoms with Crippen molar-refractivity contribution in [1.82, 2.24) is 4.90 Å². The molecule has 0 aromatic carbocycles. The van der Waals surface area contributed by atoms with E-state index in [-0.39, 0.29) is 0 Å². The molecule has 1 atom stereocenters. The SMILES string of the molecule is CCN1CCC2(CC1)C[C@@H]2C. The third-order valence-corrected chi connectivity index (χ3v) is 3.90. The molecule has 11 heavy (non-hydrogen) atoms. The lowest BCUT2D eigenvalue weighted by atomic mass is 9.91. The van der Waals surface area contributed by atoms with Crippen LogP contribution in [-0.4, -0.2) is 24.5 Å². The molecule has 0 aromatic heterocycles. The van der Waals surface area contributed by atoms with Crippen LogP contribution in [0.5, 0.6) is 0 Å². The minimum absolute atomic E-state index is 0.825. The highest BCUT2D eigenvalue weighted by Crippen LogP contribution is 2.58. The molecular weight excluding hydrogens is 134 g/mol. The largest absolute Gasteiger partial charge is 0.304 e. The van der Waals surface area contributed by atoms with Gasteiger partial charge in [0.05, 0.1) is 0 Å². The van der Waals surface area contributed by atoms with E-state index in [1.165, 1.54) is 38.9 Å². The summed E-state index contributed by atoms with van der Waals surface area (Å²) >= 11 is 0. The van der Waals surface area contributed by atoms with Gasteiger partial charge in [-0.2, -0.15) is 0 Å². The zero-order valence-corrected chi connectivity index (χ0v) is 7.77. The van der Waals surface area contributed by atoms with Crippen molar-refractivity contribution < 1.29 is 0 Å². The van der Waals surface area contributed by atoms with Crippen molar-refractivity contribution >= 4 is 0 Å². The van der Waals surface area contributed by atoms with E-state index in [0.717, 1.165) is 11.3 Å². The van der Waals surface area contributed by atoms with E-state index >= 15 is 0 Å². The summed E-state index contributed by atoms with van der Waals surface area (Å²) in [5, 5.41) is 0. The highest BCUT2D eigenvalue weighted by Gasteiger charge is 2.51. The van der Waals surface area contributed by atoms with E-state index in [1.807, 2.05) is 0 Å². The first-order valence-corrected chi connectivity index (χ1v) is 4.99. The molecule has 1 saturated heterocycles. The second-order valence-electron chi connectivity index (χ2n) is 4.40. The van der Waals surface area contributed by atoms with E-state index < -0.39 is 0 Å². The standard InChI is InChI=1S/C10H19N/c1-3-11-6-4-10(5-7-11)8-9(10)2/h9H,3-8H2,1-2H3/t9-/m0/s1. The number of rotatable bonds is 1. The smallest absolute Gasteiger partial charge is 0.00134 e. The van der Waals surface area contributed by atoms with Crippen molar-refractivity contribution in [3.63, 3.8) is 0 Å². The summed E-state index contributed by atoms with van der Waals surface area (Å²) in [4.78, 5) is 2.58. The summed E-state index contributed by atoms with van der Waals surface area (Å²) in [6, 6.07) is 0. The second kappa shape index (κ2) is 2.48. The van der Waals surface area contributed by atoms with Gasteiger partial charge in [0.2, 0.25) is 0 Å². The molecule has 0 aromatic rings. The molecule has 1 heterocycles. The van der Waals surface area contributed by atoms with Crippen LogP contribution in [0.3, 0.4) is 0 Å².